The van der Waals surface area contributed by atoms with E-state index in [0.29, 0.717) is 6.42 Å². The van der Waals surface area contributed by atoms with Crippen LogP contribution in [-0.2, 0) is 19.1 Å². The molecular formula is C16H28O6. The smallest absolute Gasteiger partial charge is 0.336 e. The standard InChI is InChI=1S/C16H28O6/c1-4-5-6-7-8-9-10-14(19)21-16(13(18)11-17)22-15(20)12(2)3/h13,16-18H,2,4-11H2,1,3H3. The van der Waals surface area contributed by atoms with Gasteiger partial charge in [0.05, 0.1) is 6.61 Å². The highest BCUT2D eigenvalue weighted by molar-refractivity contribution is 5.87. The van der Waals surface area contributed by atoms with Gasteiger partial charge in [-0.3, -0.25) is 4.79 Å². The Morgan fingerprint density at radius 3 is 2.23 bits per heavy atom. The second kappa shape index (κ2) is 12.2. The van der Waals surface area contributed by atoms with Gasteiger partial charge in [0.15, 0.2) is 6.10 Å². The molecule has 6 heteroatoms. The predicted octanol–water partition coefficient (Wildman–Crippen LogP) is 2.08. The number of unbranched alkanes of at least 4 members (excludes halogenated alkanes) is 5. The molecule has 2 N–H and O–H groups in total. The Labute approximate surface area is 132 Å². The number of rotatable bonds is 12. The van der Waals surface area contributed by atoms with Gasteiger partial charge in [-0.05, 0) is 13.3 Å². The lowest BCUT2D eigenvalue weighted by Crippen LogP contribution is -2.38. The molecule has 0 amide bonds. The molecular weight excluding hydrogens is 288 g/mol. The van der Waals surface area contributed by atoms with Crippen LogP contribution < -0.4 is 0 Å². The summed E-state index contributed by atoms with van der Waals surface area (Å²) < 4.78 is 9.72. The van der Waals surface area contributed by atoms with Crippen molar-refractivity contribution in [3.05, 3.63) is 12.2 Å². The van der Waals surface area contributed by atoms with Crippen LogP contribution in [-0.4, -0.2) is 41.2 Å². The van der Waals surface area contributed by atoms with Crippen LogP contribution in [0, 0.1) is 0 Å². The molecule has 2 atom stereocenters. The summed E-state index contributed by atoms with van der Waals surface area (Å²) in [5, 5.41) is 18.4. The van der Waals surface area contributed by atoms with Crippen LogP contribution in [0.15, 0.2) is 12.2 Å². The SMILES string of the molecule is C=C(C)C(=O)OC(OC(=O)CCCCCCCC)C(O)CO. The molecule has 0 saturated heterocycles. The van der Waals surface area contributed by atoms with Crippen LogP contribution >= 0.6 is 0 Å². The molecule has 0 heterocycles. The van der Waals surface area contributed by atoms with E-state index in [0.717, 1.165) is 25.7 Å². The minimum atomic E-state index is -1.51. The Balaban J connectivity index is 4.16. The fourth-order valence-corrected chi connectivity index (χ4v) is 1.71. The van der Waals surface area contributed by atoms with Gasteiger partial charge in [-0.1, -0.05) is 45.6 Å². The molecule has 0 aliphatic heterocycles. The molecule has 0 aliphatic rings. The van der Waals surface area contributed by atoms with E-state index in [-0.39, 0.29) is 12.0 Å². The van der Waals surface area contributed by atoms with Crippen molar-refractivity contribution in [3.8, 4) is 0 Å². The van der Waals surface area contributed by atoms with E-state index in [2.05, 4.69) is 13.5 Å². The van der Waals surface area contributed by atoms with Crippen LogP contribution in [0.2, 0.25) is 0 Å². The van der Waals surface area contributed by atoms with Gasteiger partial charge in [0.2, 0.25) is 0 Å². The zero-order chi connectivity index (χ0) is 17.0. The number of hydrogen-bond donors (Lipinski definition) is 2. The van der Waals surface area contributed by atoms with Gasteiger partial charge in [0.25, 0.3) is 6.29 Å². The van der Waals surface area contributed by atoms with Crippen molar-refractivity contribution >= 4 is 11.9 Å². The van der Waals surface area contributed by atoms with Crippen molar-refractivity contribution in [2.75, 3.05) is 6.61 Å². The Morgan fingerprint density at radius 2 is 1.68 bits per heavy atom. The van der Waals surface area contributed by atoms with E-state index in [1.54, 1.807) is 0 Å². The molecule has 0 fully saturated rings. The van der Waals surface area contributed by atoms with Crippen molar-refractivity contribution in [2.45, 2.75) is 71.2 Å². The number of aliphatic hydroxyl groups excluding tert-OH is 2. The van der Waals surface area contributed by atoms with Gasteiger partial charge in [-0.25, -0.2) is 4.79 Å². The lowest BCUT2D eigenvalue weighted by molar-refractivity contribution is -0.207. The normalized spacial score (nSPS) is 13.3. The number of hydrogen-bond acceptors (Lipinski definition) is 6. The first-order valence-corrected chi connectivity index (χ1v) is 7.77. The van der Waals surface area contributed by atoms with Crippen LogP contribution in [0.1, 0.15) is 58.8 Å². The molecule has 0 radical (unpaired) electrons. The van der Waals surface area contributed by atoms with Crippen molar-refractivity contribution in [2.24, 2.45) is 0 Å². The molecule has 0 aromatic rings. The highest BCUT2D eigenvalue weighted by atomic mass is 16.7. The van der Waals surface area contributed by atoms with Gasteiger partial charge in [-0.2, -0.15) is 0 Å². The molecule has 0 rings (SSSR count). The summed E-state index contributed by atoms with van der Waals surface area (Å²) in [6, 6.07) is 0. The summed E-state index contributed by atoms with van der Waals surface area (Å²) in [4.78, 5) is 23.1. The third-order valence-corrected chi connectivity index (χ3v) is 3.05. The predicted molar refractivity (Wildman–Crippen MR) is 81.9 cm³/mol. The Bertz CT molecular complexity index is 353. The Hall–Kier alpha value is -1.40. The quantitative estimate of drug-likeness (QED) is 0.248. The topological polar surface area (TPSA) is 93.1 Å². The molecule has 0 aliphatic carbocycles. The maximum Gasteiger partial charge on any atom is 0.336 e. The molecule has 128 valence electrons. The number of ether oxygens (including phenoxy) is 2. The molecule has 2 unspecified atom stereocenters. The maximum absolute atomic E-state index is 11.7. The van der Waals surface area contributed by atoms with E-state index in [1.165, 1.54) is 13.3 Å². The zero-order valence-electron chi connectivity index (χ0n) is 13.5. The molecule has 0 spiro atoms. The van der Waals surface area contributed by atoms with Crippen LogP contribution in [0.4, 0.5) is 0 Å². The average Bonchev–Trinajstić information content (AvgIpc) is 2.48. The number of aliphatic hydroxyl groups is 2. The molecule has 6 nitrogen and oxygen atoms in total. The van der Waals surface area contributed by atoms with Crippen molar-refractivity contribution < 1.29 is 29.3 Å². The lowest BCUT2D eigenvalue weighted by Gasteiger charge is -2.21. The fourth-order valence-electron chi connectivity index (χ4n) is 1.71. The number of carbonyl (C=O) groups is 2. The van der Waals surface area contributed by atoms with E-state index in [9.17, 15) is 14.7 Å². The third-order valence-electron chi connectivity index (χ3n) is 3.05. The summed E-state index contributed by atoms with van der Waals surface area (Å²) in [7, 11) is 0. The van der Waals surface area contributed by atoms with E-state index < -0.39 is 30.9 Å². The summed E-state index contributed by atoms with van der Waals surface area (Å²) in [5.41, 5.74) is 0.113. The van der Waals surface area contributed by atoms with Crippen molar-refractivity contribution in [3.63, 3.8) is 0 Å². The molecule has 22 heavy (non-hydrogen) atoms. The summed E-state index contributed by atoms with van der Waals surface area (Å²) in [5.74, 6) is -1.35. The summed E-state index contributed by atoms with van der Waals surface area (Å²) in [6.07, 6.45) is 3.36. The first-order chi connectivity index (χ1) is 10.4. The minimum absolute atomic E-state index is 0.113. The average molecular weight is 316 g/mol. The highest BCUT2D eigenvalue weighted by Gasteiger charge is 2.26. The van der Waals surface area contributed by atoms with E-state index >= 15 is 0 Å². The highest BCUT2D eigenvalue weighted by Crippen LogP contribution is 2.11. The maximum atomic E-state index is 11.7. The van der Waals surface area contributed by atoms with Crippen LogP contribution in [0.25, 0.3) is 0 Å². The summed E-state index contributed by atoms with van der Waals surface area (Å²) in [6.45, 7) is 6.28. The largest absolute Gasteiger partial charge is 0.422 e. The second-order valence-corrected chi connectivity index (χ2v) is 5.31. The Kier molecular flexibility index (Phi) is 11.4. The van der Waals surface area contributed by atoms with Crippen molar-refractivity contribution in [1.29, 1.82) is 0 Å². The van der Waals surface area contributed by atoms with Crippen molar-refractivity contribution in [1.82, 2.24) is 0 Å². The first kappa shape index (κ1) is 20.6. The lowest BCUT2D eigenvalue weighted by atomic mass is 10.1. The molecule has 0 aromatic carbocycles. The second-order valence-electron chi connectivity index (χ2n) is 5.31. The van der Waals surface area contributed by atoms with Crippen LogP contribution in [0.5, 0.6) is 0 Å². The van der Waals surface area contributed by atoms with Gasteiger partial charge in [-0.15, -0.1) is 0 Å². The van der Waals surface area contributed by atoms with E-state index in [4.69, 9.17) is 14.6 Å². The number of esters is 2. The zero-order valence-corrected chi connectivity index (χ0v) is 13.5. The van der Waals surface area contributed by atoms with Gasteiger partial charge >= 0.3 is 11.9 Å². The molecule has 0 bridgehead atoms. The summed E-state index contributed by atoms with van der Waals surface area (Å²) >= 11 is 0. The minimum Gasteiger partial charge on any atom is -0.422 e. The van der Waals surface area contributed by atoms with Crippen LogP contribution in [0.3, 0.4) is 0 Å². The fraction of sp³-hybridized carbons (Fsp3) is 0.750. The molecule has 0 saturated carbocycles. The third kappa shape index (κ3) is 9.52. The van der Waals surface area contributed by atoms with Gasteiger partial charge in [0.1, 0.15) is 0 Å². The molecule has 0 aromatic heterocycles. The van der Waals surface area contributed by atoms with E-state index in [1.807, 2.05) is 0 Å². The first-order valence-electron chi connectivity index (χ1n) is 7.77. The van der Waals surface area contributed by atoms with Gasteiger partial charge in [0, 0.05) is 12.0 Å². The Morgan fingerprint density at radius 1 is 1.09 bits per heavy atom. The van der Waals surface area contributed by atoms with Gasteiger partial charge < -0.3 is 19.7 Å². The number of carbonyl (C=O) groups excluding carboxylic acids is 2. The monoisotopic (exact) mass is 316 g/mol.